The van der Waals surface area contributed by atoms with E-state index in [4.69, 9.17) is 14.2 Å². The van der Waals surface area contributed by atoms with Gasteiger partial charge in [-0.3, -0.25) is 10.1 Å². The molecule has 1 aromatic rings. The van der Waals surface area contributed by atoms with E-state index in [0.717, 1.165) is 12.1 Å². The van der Waals surface area contributed by atoms with E-state index in [-0.39, 0.29) is 24.7 Å². The average molecular weight is 337 g/mol. The van der Waals surface area contributed by atoms with E-state index in [9.17, 15) is 19.7 Å². The van der Waals surface area contributed by atoms with E-state index in [1.807, 2.05) is 13.8 Å². The molecule has 0 radical (unpaired) electrons. The minimum Gasteiger partial charge on any atom is -0.462 e. The van der Waals surface area contributed by atoms with Crippen LogP contribution in [0.2, 0.25) is 0 Å². The molecule has 130 valence electrons. The fourth-order valence-electron chi connectivity index (χ4n) is 1.53. The van der Waals surface area contributed by atoms with E-state index in [2.05, 4.69) is 0 Å². The van der Waals surface area contributed by atoms with Crippen LogP contribution in [0.1, 0.15) is 26.7 Å². The maximum atomic E-state index is 12.0. The molecule has 0 saturated carbocycles. The highest BCUT2D eigenvalue weighted by molar-refractivity contribution is 5.95. The zero-order valence-corrected chi connectivity index (χ0v) is 13.5. The molecule has 0 heterocycles. The topological polar surface area (TPSA) is 105 Å². The maximum absolute atomic E-state index is 12.0. The minimum atomic E-state index is -0.850. The van der Waals surface area contributed by atoms with Gasteiger partial charge in [0.2, 0.25) is 5.76 Å². The minimum absolute atomic E-state index is 0.0344. The SMILES string of the molecule is CCCOC(=O)/C=C(/Oc1cccc([N+](=O)[O-])c1)C(=O)OCCC. The monoisotopic (exact) mass is 337 g/mol. The second-order valence-electron chi connectivity index (χ2n) is 4.67. The summed E-state index contributed by atoms with van der Waals surface area (Å²) >= 11 is 0. The normalized spacial score (nSPS) is 10.8. The van der Waals surface area contributed by atoms with Gasteiger partial charge in [0, 0.05) is 6.07 Å². The van der Waals surface area contributed by atoms with Gasteiger partial charge in [-0.1, -0.05) is 19.9 Å². The summed E-state index contributed by atoms with van der Waals surface area (Å²) in [7, 11) is 0. The molecule has 0 atom stereocenters. The molecule has 0 amide bonds. The Hall–Kier alpha value is -2.90. The first kappa shape index (κ1) is 19.1. The van der Waals surface area contributed by atoms with Crippen molar-refractivity contribution in [2.45, 2.75) is 26.7 Å². The molecule has 0 bridgehead atoms. The van der Waals surface area contributed by atoms with Crippen LogP contribution in [0.5, 0.6) is 5.75 Å². The quantitative estimate of drug-likeness (QED) is 0.224. The first-order valence-corrected chi connectivity index (χ1v) is 7.45. The van der Waals surface area contributed by atoms with Crippen molar-refractivity contribution in [2.24, 2.45) is 0 Å². The molecule has 0 saturated heterocycles. The van der Waals surface area contributed by atoms with Crippen molar-refractivity contribution >= 4 is 17.6 Å². The summed E-state index contributed by atoms with van der Waals surface area (Å²) in [6, 6.07) is 5.24. The number of rotatable bonds is 9. The van der Waals surface area contributed by atoms with Gasteiger partial charge in [0.1, 0.15) is 5.75 Å². The zero-order valence-electron chi connectivity index (χ0n) is 13.5. The Labute approximate surface area is 139 Å². The van der Waals surface area contributed by atoms with Crippen molar-refractivity contribution in [1.29, 1.82) is 0 Å². The number of ether oxygens (including phenoxy) is 3. The Balaban J connectivity index is 2.98. The zero-order chi connectivity index (χ0) is 17.9. The lowest BCUT2D eigenvalue weighted by Gasteiger charge is -2.09. The van der Waals surface area contributed by atoms with Gasteiger partial charge >= 0.3 is 11.9 Å². The summed E-state index contributed by atoms with van der Waals surface area (Å²) in [6.45, 7) is 3.99. The van der Waals surface area contributed by atoms with Crippen LogP contribution in [-0.4, -0.2) is 30.1 Å². The lowest BCUT2D eigenvalue weighted by molar-refractivity contribution is -0.384. The van der Waals surface area contributed by atoms with Crippen LogP contribution < -0.4 is 4.74 Å². The average Bonchev–Trinajstić information content (AvgIpc) is 2.57. The van der Waals surface area contributed by atoms with Gasteiger partial charge < -0.3 is 14.2 Å². The van der Waals surface area contributed by atoms with Gasteiger partial charge in [-0.25, -0.2) is 9.59 Å². The molecule has 1 aromatic carbocycles. The number of hydrogen-bond donors (Lipinski definition) is 0. The van der Waals surface area contributed by atoms with Crippen LogP contribution in [0.4, 0.5) is 5.69 Å². The lowest BCUT2D eigenvalue weighted by Crippen LogP contribution is -2.16. The molecule has 0 fully saturated rings. The Morgan fingerprint density at radius 3 is 2.46 bits per heavy atom. The van der Waals surface area contributed by atoms with Crippen LogP contribution in [0.15, 0.2) is 36.1 Å². The number of nitrogens with zero attached hydrogens (tertiary/aromatic N) is 1. The van der Waals surface area contributed by atoms with Gasteiger partial charge in [-0.2, -0.15) is 0 Å². The van der Waals surface area contributed by atoms with Gasteiger partial charge in [0.15, 0.2) is 0 Å². The summed E-state index contributed by atoms with van der Waals surface area (Å²) in [5, 5.41) is 10.8. The number of carbonyl (C=O) groups is 2. The summed E-state index contributed by atoms with van der Waals surface area (Å²) in [6.07, 6.45) is 2.09. The van der Waals surface area contributed by atoms with Crippen molar-refractivity contribution in [2.75, 3.05) is 13.2 Å². The van der Waals surface area contributed by atoms with Crippen molar-refractivity contribution in [3.05, 3.63) is 46.2 Å². The molecule has 8 nitrogen and oxygen atoms in total. The predicted octanol–water partition coefficient (Wildman–Crippen LogP) is 2.76. The lowest BCUT2D eigenvalue weighted by atomic mass is 10.3. The van der Waals surface area contributed by atoms with E-state index in [0.29, 0.717) is 12.8 Å². The first-order valence-electron chi connectivity index (χ1n) is 7.45. The van der Waals surface area contributed by atoms with E-state index < -0.39 is 22.6 Å². The molecule has 0 spiro atoms. The van der Waals surface area contributed by atoms with Crippen molar-refractivity contribution in [3.63, 3.8) is 0 Å². The number of esters is 2. The van der Waals surface area contributed by atoms with Crippen LogP contribution >= 0.6 is 0 Å². The molecule has 0 unspecified atom stereocenters. The maximum Gasteiger partial charge on any atom is 0.374 e. The summed E-state index contributed by atoms with van der Waals surface area (Å²) in [5.74, 6) is -1.97. The molecule has 0 N–H and O–H groups in total. The number of non-ortho nitro benzene ring substituents is 1. The second-order valence-corrected chi connectivity index (χ2v) is 4.67. The molecule has 1 rings (SSSR count). The highest BCUT2D eigenvalue weighted by atomic mass is 16.6. The third-order valence-electron chi connectivity index (χ3n) is 2.59. The van der Waals surface area contributed by atoms with E-state index in [1.165, 1.54) is 18.2 Å². The molecule has 8 heteroatoms. The van der Waals surface area contributed by atoms with Gasteiger partial charge in [0.05, 0.1) is 30.3 Å². The predicted molar refractivity (Wildman–Crippen MR) is 84.3 cm³/mol. The van der Waals surface area contributed by atoms with Crippen LogP contribution in [0.25, 0.3) is 0 Å². The van der Waals surface area contributed by atoms with E-state index >= 15 is 0 Å². The third-order valence-corrected chi connectivity index (χ3v) is 2.59. The molecule has 0 aliphatic carbocycles. The fourth-order valence-corrected chi connectivity index (χ4v) is 1.53. The molecular weight excluding hydrogens is 318 g/mol. The number of carbonyl (C=O) groups excluding carboxylic acids is 2. The van der Waals surface area contributed by atoms with Gasteiger partial charge in [0.25, 0.3) is 5.69 Å². The number of hydrogen-bond acceptors (Lipinski definition) is 7. The van der Waals surface area contributed by atoms with E-state index in [1.54, 1.807) is 0 Å². The molecule has 0 aromatic heterocycles. The summed E-state index contributed by atoms with van der Waals surface area (Å²) < 4.78 is 15.1. The molecule has 0 aliphatic rings. The summed E-state index contributed by atoms with van der Waals surface area (Å²) in [5.41, 5.74) is -0.206. The van der Waals surface area contributed by atoms with Crippen molar-refractivity contribution in [3.8, 4) is 5.75 Å². The largest absolute Gasteiger partial charge is 0.462 e. The van der Waals surface area contributed by atoms with Crippen molar-refractivity contribution in [1.82, 2.24) is 0 Å². The molecule has 0 aliphatic heterocycles. The second kappa shape index (κ2) is 9.98. The van der Waals surface area contributed by atoms with Crippen LogP contribution in [0, 0.1) is 10.1 Å². The standard InChI is InChI=1S/C16H19NO7/c1-3-8-22-15(18)11-14(16(19)23-9-4-2)24-13-7-5-6-12(10-13)17(20)21/h5-7,10-11H,3-4,8-9H2,1-2H3/b14-11+. The Morgan fingerprint density at radius 1 is 1.17 bits per heavy atom. The molecular formula is C16H19NO7. The third kappa shape index (κ3) is 6.47. The fraction of sp³-hybridized carbons (Fsp3) is 0.375. The highest BCUT2D eigenvalue weighted by Gasteiger charge is 2.18. The summed E-state index contributed by atoms with van der Waals surface area (Å²) in [4.78, 5) is 33.8. The van der Waals surface area contributed by atoms with Gasteiger partial charge in [-0.15, -0.1) is 0 Å². The van der Waals surface area contributed by atoms with Crippen molar-refractivity contribution < 1.29 is 28.7 Å². The van der Waals surface area contributed by atoms with Crippen LogP contribution in [0.3, 0.4) is 0 Å². The molecule has 24 heavy (non-hydrogen) atoms. The first-order chi connectivity index (χ1) is 11.5. The van der Waals surface area contributed by atoms with Gasteiger partial charge in [-0.05, 0) is 18.9 Å². The number of nitro groups is 1. The highest BCUT2D eigenvalue weighted by Crippen LogP contribution is 2.21. The smallest absolute Gasteiger partial charge is 0.374 e. The Kier molecular flexibility index (Phi) is 7.97. The number of nitro benzene ring substituents is 1. The van der Waals surface area contributed by atoms with Crippen LogP contribution in [-0.2, 0) is 19.1 Å². The Bertz CT molecular complexity index is 625. The Morgan fingerprint density at radius 2 is 1.83 bits per heavy atom. The number of benzene rings is 1.